The van der Waals surface area contributed by atoms with E-state index >= 15 is 0 Å². The minimum atomic E-state index is -0.376. The summed E-state index contributed by atoms with van der Waals surface area (Å²) in [5, 5.41) is 7.99. The molecule has 2 N–H and O–H groups in total. The van der Waals surface area contributed by atoms with Crippen LogP contribution in [0, 0.1) is 5.82 Å². The third-order valence-corrected chi connectivity index (χ3v) is 2.22. The molecule has 0 aliphatic rings. The number of hydrogen-bond acceptors (Lipinski definition) is 3. The zero-order valence-corrected chi connectivity index (χ0v) is 9.67. The highest BCUT2D eigenvalue weighted by Crippen LogP contribution is 2.20. The van der Waals surface area contributed by atoms with Gasteiger partial charge >= 0.3 is 0 Å². The highest BCUT2D eigenvalue weighted by Gasteiger charge is 2.06. The van der Waals surface area contributed by atoms with E-state index in [-0.39, 0.29) is 24.8 Å². The lowest BCUT2D eigenvalue weighted by atomic mass is 10.3. The van der Waals surface area contributed by atoms with Crippen LogP contribution < -0.4 is 5.73 Å². The van der Waals surface area contributed by atoms with Gasteiger partial charge in [0.05, 0.1) is 22.6 Å². The molecule has 86 valence electrons. The Balaban J connectivity index is 0.00000128. The summed E-state index contributed by atoms with van der Waals surface area (Å²) >= 11 is 5.90. The molecule has 0 fully saturated rings. The summed E-state index contributed by atoms with van der Waals surface area (Å²) in [5.41, 5.74) is 6.45. The average molecular weight is 263 g/mol. The molecule has 0 atom stereocenters. The lowest BCUT2D eigenvalue weighted by Crippen LogP contribution is -1.97. The summed E-state index contributed by atoms with van der Waals surface area (Å²) in [6.07, 6.45) is 1.61. The number of nitrogens with zero attached hydrogens (tertiary/aromatic N) is 3. The zero-order chi connectivity index (χ0) is 10.8. The van der Waals surface area contributed by atoms with Crippen LogP contribution in [0.3, 0.4) is 0 Å². The molecule has 0 aliphatic heterocycles. The first kappa shape index (κ1) is 12.9. The summed E-state index contributed by atoms with van der Waals surface area (Å²) in [6, 6.07) is 4.04. The van der Waals surface area contributed by atoms with Gasteiger partial charge in [-0.25, -0.2) is 9.07 Å². The predicted octanol–water partition coefficient (Wildman–Crippen LogP) is 1.94. The predicted molar refractivity (Wildman–Crippen MR) is 61.5 cm³/mol. The number of rotatable bonds is 2. The van der Waals surface area contributed by atoms with Gasteiger partial charge in [0.25, 0.3) is 0 Å². The van der Waals surface area contributed by atoms with E-state index in [0.717, 1.165) is 0 Å². The number of benzene rings is 1. The van der Waals surface area contributed by atoms with Gasteiger partial charge < -0.3 is 5.73 Å². The summed E-state index contributed by atoms with van der Waals surface area (Å²) in [6.45, 7) is 0.285. The fourth-order valence-electron chi connectivity index (χ4n) is 1.17. The van der Waals surface area contributed by atoms with Crippen molar-refractivity contribution in [3.63, 3.8) is 0 Å². The van der Waals surface area contributed by atoms with Crippen LogP contribution in [-0.4, -0.2) is 15.0 Å². The van der Waals surface area contributed by atoms with E-state index in [1.165, 1.54) is 22.9 Å². The molecular formula is C9H9Cl2FN4. The van der Waals surface area contributed by atoms with Crippen LogP contribution in [0.15, 0.2) is 24.4 Å². The molecule has 2 rings (SSSR count). The second-order valence-electron chi connectivity index (χ2n) is 2.95. The van der Waals surface area contributed by atoms with E-state index in [1.807, 2.05) is 0 Å². The fraction of sp³-hybridized carbons (Fsp3) is 0.111. The molecule has 1 aromatic carbocycles. The Kier molecular flexibility index (Phi) is 4.23. The van der Waals surface area contributed by atoms with Gasteiger partial charge in [0.1, 0.15) is 5.82 Å². The van der Waals surface area contributed by atoms with E-state index in [4.69, 9.17) is 17.3 Å². The second kappa shape index (κ2) is 5.25. The monoisotopic (exact) mass is 262 g/mol. The number of halogens is 3. The molecule has 1 heterocycles. The minimum Gasteiger partial charge on any atom is -0.325 e. The molecule has 4 nitrogen and oxygen atoms in total. The SMILES string of the molecule is Cl.NCc1cn(-c2cc(F)ccc2Cl)nn1. The molecule has 0 spiro atoms. The molecule has 2 aromatic rings. The van der Waals surface area contributed by atoms with Gasteiger partial charge in [-0.15, -0.1) is 17.5 Å². The van der Waals surface area contributed by atoms with Crippen molar-refractivity contribution in [3.05, 3.63) is 40.9 Å². The quantitative estimate of drug-likeness (QED) is 0.900. The van der Waals surface area contributed by atoms with Gasteiger partial charge in [-0.1, -0.05) is 16.8 Å². The first-order valence-corrected chi connectivity index (χ1v) is 4.65. The highest BCUT2D eigenvalue weighted by atomic mass is 35.5. The second-order valence-corrected chi connectivity index (χ2v) is 3.36. The molecule has 0 bridgehead atoms. The summed E-state index contributed by atoms with van der Waals surface area (Å²) in [7, 11) is 0. The Morgan fingerprint density at radius 1 is 1.44 bits per heavy atom. The van der Waals surface area contributed by atoms with Crippen molar-refractivity contribution in [3.8, 4) is 5.69 Å². The van der Waals surface area contributed by atoms with E-state index in [1.54, 1.807) is 6.20 Å². The topological polar surface area (TPSA) is 56.7 Å². The first-order chi connectivity index (χ1) is 7.20. The van der Waals surface area contributed by atoms with Crippen LogP contribution in [0.25, 0.3) is 5.69 Å². The van der Waals surface area contributed by atoms with Crippen molar-refractivity contribution in [2.45, 2.75) is 6.54 Å². The maximum Gasteiger partial charge on any atom is 0.125 e. The van der Waals surface area contributed by atoms with Crippen LogP contribution in [-0.2, 0) is 6.54 Å². The summed E-state index contributed by atoms with van der Waals surface area (Å²) in [4.78, 5) is 0. The van der Waals surface area contributed by atoms with Crippen molar-refractivity contribution in [1.29, 1.82) is 0 Å². The van der Waals surface area contributed by atoms with E-state index in [2.05, 4.69) is 10.3 Å². The molecule has 1 aromatic heterocycles. The number of aromatic nitrogens is 3. The first-order valence-electron chi connectivity index (χ1n) is 4.27. The Bertz CT molecular complexity index is 486. The normalized spacial score (nSPS) is 9.94. The molecule has 7 heteroatoms. The molecule has 16 heavy (non-hydrogen) atoms. The lowest BCUT2D eigenvalue weighted by molar-refractivity contribution is 0.625. The molecule has 0 saturated heterocycles. The molecule has 0 radical (unpaired) electrons. The van der Waals surface area contributed by atoms with Crippen LogP contribution in [0.2, 0.25) is 5.02 Å². The Morgan fingerprint density at radius 3 is 2.81 bits per heavy atom. The number of nitrogens with two attached hydrogens (primary N) is 1. The van der Waals surface area contributed by atoms with Crippen LogP contribution in [0.1, 0.15) is 5.69 Å². The van der Waals surface area contributed by atoms with E-state index in [9.17, 15) is 4.39 Å². The van der Waals surface area contributed by atoms with Gasteiger partial charge in [0.2, 0.25) is 0 Å². The van der Waals surface area contributed by atoms with E-state index < -0.39 is 0 Å². The summed E-state index contributed by atoms with van der Waals surface area (Å²) < 4.78 is 14.4. The van der Waals surface area contributed by atoms with Gasteiger partial charge in [-0.2, -0.15) is 0 Å². The Hall–Kier alpha value is -1.17. The minimum absolute atomic E-state index is 0. The maximum absolute atomic E-state index is 13.0. The fourth-order valence-corrected chi connectivity index (χ4v) is 1.38. The van der Waals surface area contributed by atoms with Crippen molar-refractivity contribution in [1.82, 2.24) is 15.0 Å². The van der Waals surface area contributed by atoms with Crippen molar-refractivity contribution in [2.24, 2.45) is 5.73 Å². The average Bonchev–Trinajstić information content (AvgIpc) is 2.70. The van der Waals surface area contributed by atoms with Crippen molar-refractivity contribution in [2.75, 3.05) is 0 Å². The maximum atomic E-state index is 13.0. The highest BCUT2D eigenvalue weighted by molar-refractivity contribution is 6.32. The molecule has 0 amide bonds. The zero-order valence-electron chi connectivity index (χ0n) is 8.10. The Morgan fingerprint density at radius 2 is 2.19 bits per heavy atom. The standard InChI is InChI=1S/C9H8ClFN4.ClH/c10-8-2-1-6(11)3-9(8)15-5-7(4-12)13-14-15;/h1-3,5H,4,12H2;1H. The van der Waals surface area contributed by atoms with Crippen molar-refractivity contribution >= 4 is 24.0 Å². The van der Waals surface area contributed by atoms with Crippen LogP contribution in [0.4, 0.5) is 4.39 Å². The molecular weight excluding hydrogens is 254 g/mol. The third kappa shape index (κ3) is 2.49. The van der Waals surface area contributed by atoms with Crippen molar-refractivity contribution < 1.29 is 4.39 Å². The van der Waals surface area contributed by atoms with Gasteiger partial charge in [-0.05, 0) is 12.1 Å². The molecule has 0 aliphatic carbocycles. The van der Waals surface area contributed by atoms with Gasteiger partial charge in [-0.3, -0.25) is 0 Å². The van der Waals surface area contributed by atoms with Gasteiger partial charge in [0, 0.05) is 12.6 Å². The Labute approximate surface area is 103 Å². The van der Waals surface area contributed by atoms with Crippen LogP contribution in [0.5, 0.6) is 0 Å². The van der Waals surface area contributed by atoms with E-state index in [0.29, 0.717) is 16.4 Å². The molecule has 0 saturated carbocycles. The third-order valence-electron chi connectivity index (χ3n) is 1.90. The lowest BCUT2D eigenvalue weighted by Gasteiger charge is -2.02. The number of hydrogen-bond donors (Lipinski definition) is 1. The van der Waals surface area contributed by atoms with Gasteiger partial charge in [0.15, 0.2) is 0 Å². The molecule has 0 unspecified atom stereocenters. The summed E-state index contributed by atoms with van der Waals surface area (Å²) in [5.74, 6) is -0.376. The van der Waals surface area contributed by atoms with Crippen LogP contribution >= 0.6 is 24.0 Å². The smallest absolute Gasteiger partial charge is 0.125 e. The largest absolute Gasteiger partial charge is 0.325 e.